The maximum Gasteiger partial charge on any atom is 0.306 e. The minimum Gasteiger partial charge on any atom is -0.494 e. The van der Waals surface area contributed by atoms with Crippen LogP contribution in [-0.4, -0.2) is 34.4 Å². The fourth-order valence-electron chi connectivity index (χ4n) is 2.41. The van der Waals surface area contributed by atoms with Crippen LogP contribution >= 0.6 is 0 Å². The first-order valence-corrected chi connectivity index (χ1v) is 8.57. The standard InChI is InChI=1S/C19H25N3O4/c1-13-18(14(2)22(4)21-13)20-19(24)15(3)26-17(23)11-8-12-25-16-9-6-5-7-10-16/h5-7,9-10,15H,8,11-12H2,1-4H3,(H,20,24). The fourth-order valence-corrected chi connectivity index (χ4v) is 2.41. The summed E-state index contributed by atoms with van der Waals surface area (Å²) in [5, 5.41) is 7.01. The second-order valence-corrected chi connectivity index (χ2v) is 6.06. The summed E-state index contributed by atoms with van der Waals surface area (Å²) in [6.07, 6.45) is -0.172. The van der Waals surface area contributed by atoms with Gasteiger partial charge in [0.15, 0.2) is 6.10 Å². The van der Waals surface area contributed by atoms with Gasteiger partial charge in [0.05, 0.1) is 23.7 Å². The van der Waals surface area contributed by atoms with Gasteiger partial charge in [-0.3, -0.25) is 14.3 Å². The number of anilines is 1. The minimum absolute atomic E-state index is 0.190. The molecule has 2 rings (SSSR count). The zero-order chi connectivity index (χ0) is 19.1. The molecule has 0 spiro atoms. The van der Waals surface area contributed by atoms with Crippen LogP contribution in [0.3, 0.4) is 0 Å². The minimum atomic E-state index is -0.878. The van der Waals surface area contributed by atoms with Crippen LogP contribution in [0.15, 0.2) is 30.3 Å². The quantitative estimate of drug-likeness (QED) is 0.579. The van der Waals surface area contributed by atoms with E-state index in [2.05, 4.69) is 10.4 Å². The summed E-state index contributed by atoms with van der Waals surface area (Å²) >= 11 is 0. The number of hydrogen-bond acceptors (Lipinski definition) is 5. The molecule has 1 unspecified atom stereocenters. The van der Waals surface area contributed by atoms with Gasteiger partial charge < -0.3 is 14.8 Å². The van der Waals surface area contributed by atoms with Crippen molar-refractivity contribution in [3.8, 4) is 5.75 Å². The lowest BCUT2D eigenvalue weighted by Crippen LogP contribution is -2.30. The second-order valence-electron chi connectivity index (χ2n) is 6.06. The summed E-state index contributed by atoms with van der Waals surface area (Å²) in [6, 6.07) is 9.39. The highest BCUT2D eigenvalue weighted by Crippen LogP contribution is 2.18. The monoisotopic (exact) mass is 359 g/mol. The summed E-state index contributed by atoms with van der Waals surface area (Å²) in [7, 11) is 1.80. The highest BCUT2D eigenvalue weighted by Gasteiger charge is 2.20. The molecule has 1 aromatic heterocycles. The third kappa shape index (κ3) is 5.34. The maximum atomic E-state index is 12.2. The molecule has 2 aromatic rings. The van der Waals surface area contributed by atoms with E-state index in [9.17, 15) is 9.59 Å². The lowest BCUT2D eigenvalue weighted by Gasteiger charge is -2.14. The van der Waals surface area contributed by atoms with Crippen molar-refractivity contribution in [3.63, 3.8) is 0 Å². The maximum absolute atomic E-state index is 12.2. The smallest absolute Gasteiger partial charge is 0.306 e. The number of nitrogens with one attached hydrogen (secondary N) is 1. The second kappa shape index (κ2) is 9.03. The normalized spacial score (nSPS) is 11.7. The first-order valence-electron chi connectivity index (χ1n) is 8.57. The van der Waals surface area contributed by atoms with E-state index in [-0.39, 0.29) is 12.3 Å². The molecule has 0 aliphatic heterocycles. The molecule has 26 heavy (non-hydrogen) atoms. The highest BCUT2D eigenvalue weighted by atomic mass is 16.5. The van der Waals surface area contributed by atoms with E-state index < -0.39 is 12.1 Å². The van der Waals surface area contributed by atoms with E-state index in [0.717, 1.165) is 17.1 Å². The Morgan fingerprint density at radius 1 is 1.23 bits per heavy atom. The Kier molecular flexibility index (Phi) is 6.77. The molecule has 1 atom stereocenters. The molecule has 1 N–H and O–H groups in total. The predicted molar refractivity (Wildman–Crippen MR) is 98.0 cm³/mol. The summed E-state index contributed by atoms with van der Waals surface area (Å²) in [4.78, 5) is 24.1. The number of carbonyl (C=O) groups excluding carboxylic acids is 2. The van der Waals surface area contributed by atoms with Crippen LogP contribution in [0, 0.1) is 13.8 Å². The van der Waals surface area contributed by atoms with Crippen LogP contribution in [-0.2, 0) is 21.4 Å². The number of aromatic nitrogens is 2. The number of aryl methyl sites for hydroxylation is 2. The zero-order valence-electron chi connectivity index (χ0n) is 15.6. The number of amides is 1. The summed E-state index contributed by atoms with van der Waals surface area (Å²) < 4.78 is 12.4. The van der Waals surface area contributed by atoms with Gasteiger partial charge in [-0.05, 0) is 39.3 Å². The van der Waals surface area contributed by atoms with Crippen LogP contribution in [0.1, 0.15) is 31.2 Å². The van der Waals surface area contributed by atoms with E-state index in [1.54, 1.807) is 18.7 Å². The Morgan fingerprint density at radius 2 is 1.92 bits per heavy atom. The molecular formula is C19H25N3O4. The van der Waals surface area contributed by atoms with Crippen molar-refractivity contribution in [3.05, 3.63) is 41.7 Å². The molecule has 0 saturated carbocycles. The van der Waals surface area contributed by atoms with Gasteiger partial charge in [-0.15, -0.1) is 0 Å². The molecule has 0 radical (unpaired) electrons. The van der Waals surface area contributed by atoms with Gasteiger partial charge in [-0.2, -0.15) is 5.10 Å². The lowest BCUT2D eigenvalue weighted by atomic mass is 10.2. The number of para-hydroxylation sites is 1. The highest BCUT2D eigenvalue weighted by molar-refractivity contribution is 5.96. The first kappa shape index (κ1) is 19.5. The number of carbonyl (C=O) groups is 2. The van der Waals surface area contributed by atoms with Gasteiger partial charge in [0, 0.05) is 13.5 Å². The number of nitrogens with zero attached hydrogens (tertiary/aromatic N) is 2. The average Bonchev–Trinajstić information content (AvgIpc) is 2.85. The fraction of sp³-hybridized carbons (Fsp3) is 0.421. The van der Waals surface area contributed by atoms with Crippen molar-refractivity contribution in [1.82, 2.24) is 9.78 Å². The molecule has 1 amide bonds. The number of benzene rings is 1. The third-order valence-corrected chi connectivity index (χ3v) is 3.97. The molecule has 1 heterocycles. The van der Waals surface area contributed by atoms with Gasteiger partial charge >= 0.3 is 5.97 Å². The largest absolute Gasteiger partial charge is 0.494 e. The number of hydrogen-bond donors (Lipinski definition) is 1. The van der Waals surface area contributed by atoms with Crippen LogP contribution in [0.25, 0.3) is 0 Å². The summed E-state index contributed by atoms with van der Waals surface area (Å²) in [5.74, 6) is -0.0437. The topological polar surface area (TPSA) is 82.5 Å². The van der Waals surface area contributed by atoms with Gasteiger partial charge in [-0.1, -0.05) is 18.2 Å². The van der Waals surface area contributed by atoms with E-state index in [4.69, 9.17) is 9.47 Å². The molecule has 140 valence electrons. The van der Waals surface area contributed by atoms with Crippen molar-refractivity contribution < 1.29 is 19.1 Å². The van der Waals surface area contributed by atoms with Crippen molar-refractivity contribution >= 4 is 17.6 Å². The van der Waals surface area contributed by atoms with Gasteiger partial charge in [-0.25, -0.2) is 0 Å². The van der Waals surface area contributed by atoms with Crippen molar-refractivity contribution in [2.75, 3.05) is 11.9 Å². The average molecular weight is 359 g/mol. The number of rotatable bonds is 8. The van der Waals surface area contributed by atoms with Gasteiger partial charge in [0.25, 0.3) is 5.91 Å². The summed E-state index contributed by atoms with van der Waals surface area (Å²) in [5.41, 5.74) is 2.21. The Labute approximate surface area is 153 Å². The Hall–Kier alpha value is -2.83. The Balaban J connectivity index is 1.73. The molecular weight excluding hydrogens is 334 g/mol. The van der Waals surface area contributed by atoms with Gasteiger partial charge in [0.1, 0.15) is 5.75 Å². The lowest BCUT2D eigenvalue weighted by molar-refractivity contribution is -0.153. The van der Waals surface area contributed by atoms with Crippen molar-refractivity contribution in [2.24, 2.45) is 7.05 Å². The molecule has 7 nitrogen and oxygen atoms in total. The molecule has 0 saturated heterocycles. The van der Waals surface area contributed by atoms with E-state index in [0.29, 0.717) is 18.7 Å². The molecule has 0 bridgehead atoms. The van der Waals surface area contributed by atoms with Crippen LogP contribution < -0.4 is 10.1 Å². The third-order valence-electron chi connectivity index (χ3n) is 3.97. The number of esters is 1. The van der Waals surface area contributed by atoms with Gasteiger partial charge in [0.2, 0.25) is 0 Å². The number of ether oxygens (including phenoxy) is 2. The SMILES string of the molecule is Cc1nn(C)c(C)c1NC(=O)C(C)OC(=O)CCCOc1ccccc1. The molecule has 0 aliphatic carbocycles. The predicted octanol–water partition coefficient (Wildman–Crippen LogP) is 2.77. The first-order chi connectivity index (χ1) is 12.4. The van der Waals surface area contributed by atoms with Crippen molar-refractivity contribution in [2.45, 2.75) is 39.7 Å². The Bertz CT molecular complexity index is 756. The van der Waals surface area contributed by atoms with E-state index in [1.807, 2.05) is 44.2 Å². The molecule has 1 aromatic carbocycles. The van der Waals surface area contributed by atoms with Crippen molar-refractivity contribution in [1.29, 1.82) is 0 Å². The van der Waals surface area contributed by atoms with Crippen LogP contribution in [0.2, 0.25) is 0 Å². The molecule has 7 heteroatoms. The van der Waals surface area contributed by atoms with E-state index >= 15 is 0 Å². The zero-order valence-corrected chi connectivity index (χ0v) is 15.6. The van der Waals surface area contributed by atoms with Crippen LogP contribution in [0.5, 0.6) is 5.75 Å². The molecule has 0 aliphatic rings. The molecule has 0 fully saturated rings. The van der Waals surface area contributed by atoms with Crippen LogP contribution in [0.4, 0.5) is 5.69 Å². The summed E-state index contributed by atoms with van der Waals surface area (Å²) in [6.45, 7) is 5.63. The Morgan fingerprint density at radius 3 is 2.54 bits per heavy atom. The van der Waals surface area contributed by atoms with E-state index in [1.165, 1.54) is 0 Å².